The molecule has 0 aliphatic heterocycles. The fraction of sp³-hybridized carbons (Fsp3) is 0.941. The van der Waals surface area contributed by atoms with Gasteiger partial charge in [-0.1, -0.05) is 52.9 Å². The molecular formula is C17H34O3. The smallest absolute Gasteiger partial charge is 0.302 e. The zero-order valence-corrected chi connectivity index (χ0v) is 13.9. The van der Waals surface area contributed by atoms with Gasteiger partial charge in [0.1, 0.15) is 6.10 Å². The van der Waals surface area contributed by atoms with E-state index in [0.29, 0.717) is 5.92 Å². The molecule has 0 saturated heterocycles. The van der Waals surface area contributed by atoms with Crippen molar-refractivity contribution < 1.29 is 14.6 Å². The number of aliphatic hydroxyl groups excluding tert-OH is 1. The van der Waals surface area contributed by atoms with Gasteiger partial charge in [-0.2, -0.15) is 0 Å². The molecule has 0 aromatic carbocycles. The summed E-state index contributed by atoms with van der Waals surface area (Å²) in [5, 5.41) is 9.82. The monoisotopic (exact) mass is 286 g/mol. The van der Waals surface area contributed by atoms with Gasteiger partial charge >= 0.3 is 5.97 Å². The van der Waals surface area contributed by atoms with Gasteiger partial charge in [-0.25, -0.2) is 0 Å². The second kappa shape index (κ2) is 12.2. The van der Waals surface area contributed by atoms with Crippen LogP contribution in [0.5, 0.6) is 0 Å². The van der Waals surface area contributed by atoms with Crippen molar-refractivity contribution in [1.29, 1.82) is 0 Å². The minimum Gasteiger partial charge on any atom is -0.462 e. The summed E-state index contributed by atoms with van der Waals surface area (Å²) in [5.41, 5.74) is 0. The highest BCUT2D eigenvalue weighted by atomic mass is 16.5. The van der Waals surface area contributed by atoms with Crippen LogP contribution in [0.25, 0.3) is 0 Å². The molecule has 0 spiro atoms. The predicted molar refractivity (Wildman–Crippen MR) is 83.6 cm³/mol. The molecule has 0 aromatic rings. The number of rotatable bonds is 12. The van der Waals surface area contributed by atoms with Crippen molar-refractivity contribution in [1.82, 2.24) is 0 Å². The Balaban J connectivity index is 3.60. The maximum Gasteiger partial charge on any atom is 0.302 e. The van der Waals surface area contributed by atoms with Crippen LogP contribution in [0.1, 0.15) is 85.5 Å². The first-order valence-corrected chi connectivity index (χ1v) is 8.32. The van der Waals surface area contributed by atoms with Gasteiger partial charge < -0.3 is 9.84 Å². The summed E-state index contributed by atoms with van der Waals surface area (Å²) >= 11 is 0. The number of hydrogen-bond donors (Lipinski definition) is 1. The molecule has 2 atom stereocenters. The molecule has 20 heavy (non-hydrogen) atoms. The summed E-state index contributed by atoms with van der Waals surface area (Å²) < 4.78 is 5.32. The molecule has 0 amide bonds. The number of ether oxygens (including phenoxy) is 1. The highest BCUT2D eigenvalue weighted by molar-refractivity contribution is 5.66. The molecule has 0 bridgehead atoms. The third-order valence-corrected chi connectivity index (χ3v) is 3.73. The van der Waals surface area contributed by atoms with Crippen molar-refractivity contribution in [3.8, 4) is 0 Å². The van der Waals surface area contributed by atoms with Crippen LogP contribution in [0.3, 0.4) is 0 Å². The highest BCUT2D eigenvalue weighted by Crippen LogP contribution is 2.17. The van der Waals surface area contributed by atoms with Crippen LogP contribution in [0.15, 0.2) is 0 Å². The Hall–Kier alpha value is -0.570. The molecule has 120 valence electrons. The summed E-state index contributed by atoms with van der Waals surface area (Å²) in [6.07, 6.45) is 9.50. The van der Waals surface area contributed by atoms with Gasteiger partial charge in [0.05, 0.1) is 6.10 Å². The van der Waals surface area contributed by atoms with E-state index in [-0.39, 0.29) is 18.2 Å². The highest BCUT2D eigenvalue weighted by Gasteiger charge is 2.15. The summed E-state index contributed by atoms with van der Waals surface area (Å²) in [5.74, 6) is 0.189. The first-order valence-electron chi connectivity index (χ1n) is 8.32. The van der Waals surface area contributed by atoms with Crippen molar-refractivity contribution in [2.75, 3.05) is 0 Å². The molecule has 0 heterocycles. The maximum absolute atomic E-state index is 11.0. The Labute approximate surface area is 125 Å². The van der Waals surface area contributed by atoms with Crippen LogP contribution in [0.2, 0.25) is 0 Å². The minimum atomic E-state index is -0.185. The van der Waals surface area contributed by atoms with E-state index in [0.717, 1.165) is 44.9 Å². The van der Waals surface area contributed by atoms with Crippen LogP contribution < -0.4 is 0 Å². The van der Waals surface area contributed by atoms with E-state index in [4.69, 9.17) is 4.74 Å². The maximum atomic E-state index is 11.0. The van der Waals surface area contributed by atoms with Crippen molar-refractivity contribution >= 4 is 5.97 Å². The lowest BCUT2D eigenvalue weighted by atomic mass is 9.99. The molecule has 0 unspecified atom stereocenters. The van der Waals surface area contributed by atoms with Crippen LogP contribution in [0, 0.1) is 5.92 Å². The largest absolute Gasteiger partial charge is 0.462 e. The second-order valence-corrected chi connectivity index (χ2v) is 6.18. The van der Waals surface area contributed by atoms with Crippen molar-refractivity contribution in [3.05, 3.63) is 0 Å². The Bertz CT molecular complexity index is 238. The molecule has 3 nitrogen and oxygen atoms in total. The van der Waals surface area contributed by atoms with Crippen molar-refractivity contribution in [2.24, 2.45) is 5.92 Å². The predicted octanol–water partition coefficient (Wildman–Crippen LogP) is 4.47. The van der Waals surface area contributed by atoms with Gasteiger partial charge in [0.25, 0.3) is 0 Å². The molecule has 0 aliphatic carbocycles. The summed E-state index contributed by atoms with van der Waals surface area (Å²) in [4.78, 5) is 11.0. The van der Waals surface area contributed by atoms with E-state index < -0.39 is 0 Å². The van der Waals surface area contributed by atoms with E-state index in [9.17, 15) is 9.90 Å². The summed E-state index contributed by atoms with van der Waals surface area (Å²) in [7, 11) is 0. The van der Waals surface area contributed by atoms with Crippen molar-refractivity contribution in [2.45, 2.75) is 97.7 Å². The quantitative estimate of drug-likeness (QED) is 0.425. The molecule has 0 saturated carbocycles. The van der Waals surface area contributed by atoms with Gasteiger partial charge in [-0.15, -0.1) is 0 Å². The van der Waals surface area contributed by atoms with Gasteiger partial charge in [0.2, 0.25) is 0 Å². The van der Waals surface area contributed by atoms with Crippen LogP contribution in [-0.2, 0) is 9.53 Å². The molecule has 0 radical (unpaired) electrons. The average Bonchev–Trinajstić information content (AvgIpc) is 2.36. The van der Waals surface area contributed by atoms with Gasteiger partial charge in [-0.05, 0) is 31.6 Å². The molecule has 0 rings (SSSR count). The third kappa shape index (κ3) is 11.3. The molecule has 0 aliphatic rings. The second-order valence-electron chi connectivity index (χ2n) is 6.18. The minimum absolute atomic E-state index is 0.0435. The zero-order chi connectivity index (χ0) is 15.4. The molecule has 3 heteroatoms. The van der Waals surface area contributed by atoms with Gasteiger partial charge in [-0.3, -0.25) is 4.79 Å². The number of hydrogen-bond acceptors (Lipinski definition) is 3. The Morgan fingerprint density at radius 2 is 1.55 bits per heavy atom. The summed E-state index contributed by atoms with van der Waals surface area (Å²) in [6, 6.07) is 0. The zero-order valence-electron chi connectivity index (χ0n) is 13.9. The lowest BCUT2D eigenvalue weighted by Crippen LogP contribution is -2.22. The third-order valence-electron chi connectivity index (χ3n) is 3.73. The van der Waals surface area contributed by atoms with Crippen molar-refractivity contribution in [3.63, 3.8) is 0 Å². The van der Waals surface area contributed by atoms with E-state index >= 15 is 0 Å². The fourth-order valence-electron chi connectivity index (χ4n) is 2.42. The van der Waals surface area contributed by atoms with Crippen LogP contribution >= 0.6 is 0 Å². The number of aliphatic hydroxyl groups is 1. The number of esters is 1. The number of carbonyl (C=O) groups excluding carboxylic acids is 1. The summed E-state index contributed by atoms with van der Waals surface area (Å²) in [6.45, 7) is 7.83. The first kappa shape index (κ1) is 19.4. The number of carbonyl (C=O) groups is 1. The lowest BCUT2D eigenvalue weighted by molar-refractivity contribution is -0.148. The van der Waals surface area contributed by atoms with Gasteiger partial charge in [0.15, 0.2) is 0 Å². The molecule has 1 N–H and O–H groups in total. The first-order chi connectivity index (χ1) is 9.47. The van der Waals surface area contributed by atoms with Crippen LogP contribution in [0.4, 0.5) is 0 Å². The average molecular weight is 286 g/mol. The Morgan fingerprint density at radius 1 is 1.00 bits per heavy atom. The standard InChI is InChI=1S/C17H34O3/c1-5-6-8-11-16(19)12-9-7-10-13-17(14(2)3)20-15(4)18/h14,16-17,19H,5-13H2,1-4H3/t16-,17-/m0/s1. The van der Waals surface area contributed by atoms with E-state index in [2.05, 4.69) is 20.8 Å². The van der Waals surface area contributed by atoms with Gasteiger partial charge in [0, 0.05) is 6.92 Å². The molecule has 0 fully saturated rings. The fourth-order valence-corrected chi connectivity index (χ4v) is 2.42. The van der Waals surface area contributed by atoms with E-state index in [1.807, 2.05) is 0 Å². The van der Waals surface area contributed by atoms with E-state index in [1.165, 1.54) is 19.8 Å². The van der Waals surface area contributed by atoms with Crippen LogP contribution in [-0.4, -0.2) is 23.3 Å². The van der Waals surface area contributed by atoms with E-state index in [1.54, 1.807) is 0 Å². The Kier molecular flexibility index (Phi) is 11.8. The molecular weight excluding hydrogens is 252 g/mol. The SMILES string of the molecule is CCCCC[C@H](O)CCCCC[C@H](OC(C)=O)C(C)C. The molecule has 0 aromatic heterocycles. The normalized spacial score (nSPS) is 14.3. The topological polar surface area (TPSA) is 46.5 Å². The Morgan fingerprint density at radius 3 is 2.05 bits per heavy atom. The lowest BCUT2D eigenvalue weighted by Gasteiger charge is -2.20. The number of unbranched alkanes of at least 4 members (excludes halogenated alkanes) is 4.